The molecule has 1 amide bonds. The zero-order valence-electron chi connectivity index (χ0n) is 16.6. The molecule has 0 saturated carbocycles. The van der Waals surface area contributed by atoms with Crippen molar-refractivity contribution in [2.24, 2.45) is 0 Å². The Bertz CT molecular complexity index is 898. The van der Waals surface area contributed by atoms with Crippen LogP contribution in [0.5, 0.6) is 5.75 Å². The first kappa shape index (κ1) is 21.3. The number of carbonyl (C=O) groups is 2. The number of esters is 1. The third kappa shape index (κ3) is 6.00. The highest BCUT2D eigenvalue weighted by Crippen LogP contribution is 2.13. The van der Waals surface area contributed by atoms with E-state index in [1.807, 2.05) is 0 Å². The zero-order valence-corrected chi connectivity index (χ0v) is 16.6. The highest BCUT2D eigenvalue weighted by atomic mass is 16.6. The maximum Gasteiger partial charge on any atom is 0.407 e. The number of fused-ring (bicyclic) bond motifs is 1. The number of ether oxygens (including phenoxy) is 3. The largest absolute Gasteiger partial charge is 0.492 e. The molecule has 0 fully saturated rings. The van der Waals surface area contributed by atoms with Gasteiger partial charge < -0.3 is 19.5 Å². The lowest BCUT2D eigenvalue weighted by Gasteiger charge is -2.19. The minimum absolute atomic E-state index is 0.0296. The fourth-order valence-corrected chi connectivity index (χ4v) is 2.39. The van der Waals surface area contributed by atoms with Crippen molar-refractivity contribution in [3.8, 4) is 5.75 Å². The molecular formula is C20H26N2O6. The molecule has 2 heterocycles. The van der Waals surface area contributed by atoms with Crippen LogP contribution in [0.4, 0.5) is 4.79 Å². The van der Waals surface area contributed by atoms with Crippen molar-refractivity contribution in [2.75, 3.05) is 19.8 Å². The maximum absolute atomic E-state index is 12.5. The van der Waals surface area contributed by atoms with Crippen LogP contribution in [0.15, 0.2) is 35.3 Å². The van der Waals surface area contributed by atoms with Crippen molar-refractivity contribution < 1.29 is 23.8 Å². The molecule has 152 valence electrons. The molecule has 2 aromatic heterocycles. The summed E-state index contributed by atoms with van der Waals surface area (Å²) in [5.41, 5.74) is -0.399. The van der Waals surface area contributed by atoms with E-state index in [1.54, 1.807) is 45.9 Å². The van der Waals surface area contributed by atoms with Gasteiger partial charge in [0.05, 0.1) is 19.4 Å². The molecule has 0 bridgehead atoms. The number of amides is 1. The highest BCUT2D eigenvalue weighted by Gasteiger charge is 2.15. The summed E-state index contributed by atoms with van der Waals surface area (Å²) in [6, 6.07) is 6.59. The summed E-state index contributed by atoms with van der Waals surface area (Å²) in [7, 11) is 0. The summed E-state index contributed by atoms with van der Waals surface area (Å²) in [5.74, 6) is -0.172. The van der Waals surface area contributed by atoms with Crippen LogP contribution in [-0.4, -0.2) is 41.8 Å². The normalized spacial score (nSPS) is 11.1. The van der Waals surface area contributed by atoms with E-state index in [4.69, 9.17) is 14.2 Å². The molecule has 2 aromatic rings. The molecule has 0 aliphatic rings. The van der Waals surface area contributed by atoms with E-state index in [0.29, 0.717) is 30.8 Å². The SMILES string of the molecule is CCOC(=O)c1ccc2ccc(OCCCNC(=O)OC(C)(C)C)cn2c1=O. The summed E-state index contributed by atoms with van der Waals surface area (Å²) in [6.45, 7) is 8.00. The fourth-order valence-electron chi connectivity index (χ4n) is 2.39. The van der Waals surface area contributed by atoms with Crippen LogP contribution in [0.3, 0.4) is 0 Å². The van der Waals surface area contributed by atoms with E-state index >= 15 is 0 Å². The Morgan fingerprint density at radius 1 is 1.14 bits per heavy atom. The molecule has 0 radical (unpaired) electrons. The van der Waals surface area contributed by atoms with Crippen molar-refractivity contribution in [1.29, 1.82) is 0 Å². The van der Waals surface area contributed by atoms with Crippen LogP contribution in [0.2, 0.25) is 0 Å². The summed E-state index contributed by atoms with van der Waals surface area (Å²) in [4.78, 5) is 35.9. The molecule has 8 nitrogen and oxygen atoms in total. The van der Waals surface area contributed by atoms with Gasteiger partial charge in [-0.15, -0.1) is 0 Å². The molecule has 0 spiro atoms. The van der Waals surface area contributed by atoms with Gasteiger partial charge in [0.15, 0.2) is 0 Å². The van der Waals surface area contributed by atoms with Gasteiger partial charge in [0.1, 0.15) is 16.9 Å². The van der Waals surface area contributed by atoms with Gasteiger partial charge >= 0.3 is 12.1 Å². The summed E-state index contributed by atoms with van der Waals surface area (Å²) in [5, 5.41) is 2.65. The molecule has 8 heteroatoms. The lowest BCUT2D eigenvalue weighted by Crippen LogP contribution is -2.33. The van der Waals surface area contributed by atoms with Gasteiger partial charge in [0.2, 0.25) is 0 Å². The Kier molecular flexibility index (Phi) is 7.03. The van der Waals surface area contributed by atoms with Gasteiger partial charge in [-0.05, 0) is 58.4 Å². The van der Waals surface area contributed by atoms with E-state index in [9.17, 15) is 14.4 Å². The first-order chi connectivity index (χ1) is 13.2. The summed E-state index contributed by atoms with van der Waals surface area (Å²) >= 11 is 0. The number of hydrogen-bond donors (Lipinski definition) is 1. The van der Waals surface area contributed by atoms with Crippen molar-refractivity contribution in [3.63, 3.8) is 0 Å². The Labute approximate surface area is 163 Å². The Morgan fingerprint density at radius 3 is 2.54 bits per heavy atom. The van der Waals surface area contributed by atoms with Gasteiger partial charge in [-0.1, -0.05) is 0 Å². The standard InChI is InChI=1S/C20H26N2O6/c1-5-26-18(24)16-10-8-14-7-9-15(13-22(14)17(16)23)27-12-6-11-21-19(25)28-20(2,3)4/h7-10,13H,5-6,11-12H2,1-4H3,(H,21,25). The molecule has 2 rings (SSSR count). The second-order valence-electron chi connectivity index (χ2n) is 7.06. The first-order valence-electron chi connectivity index (χ1n) is 9.13. The number of aromatic nitrogens is 1. The second-order valence-corrected chi connectivity index (χ2v) is 7.06. The van der Waals surface area contributed by atoms with Gasteiger partial charge in [-0.3, -0.25) is 9.20 Å². The molecule has 0 aliphatic carbocycles. The van der Waals surface area contributed by atoms with E-state index in [-0.39, 0.29) is 12.2 Å². The molecule has 0 atom stereocenters. The number of hydrogen-bond acceptors (Lipinski definition) is 6. The van der Waals surface area contributed by atoms with E-state index in [0.717, 1.165) is 0 Å². The monoisotopic (exact) mass is 390 g/mol. The summed E-state index contributed by atoms with van der Waals surface area (Å²) in [6.07, 6.45) is 1.62. The Balaban J connectivity index is 1.95. The number of pyridine rings is 2. The van der Waals surface area contributed by atoms with E-state index < -0.39 is 23.2 Å². The Hall–Kier alpha value is -3.03. The minimum Gasteiger partial charge on any atom is -0.492 e. The summed E-state index contributed by atoms with van der Waals surface area (Å²) < 4.78 is 17.0. The lowest BCUT2D eigenvalue weighted by atomic mass is 10.2. The molecule has 1 N–H and O–H groups in total. The van der Waals surface area contributed by atoms with Gasteiger partial charge in [0.25, 0.3) is 5.56 Å². The van der Waals surface area contributed by atoms with Crippen LogP contribution in [0, 0.1) is 0 Å². The van der Waals surface area contributed by atoms with E-state index in [1.165, 1.54) is 16.7 Å². The maximum atomic E-state index is 12.5. The highest BCUT2D eigenvalue weighted by molar-refractivity contribution is 5.89. The van der Waals surface area contributed by atoms with Crippen LogP contribution in [0.25, 0.3) is 5.52 Å². The third-order valence-corrected chi connectivity index (χ3v) is 3.58. The smallest absolute Gasteiger partial charge is 0.407 e. The average Bonchev–Trinajstić information content (AvgIpc) is 2.60. The number of alkyl carbamates (subject to hydrolysis) is 1. The average molecular weight is 390 g/mol. The molecule has 0 saturated heterocycles. The van der Waals surface area contributed by atoms with Crippen LogP contribution in [0.1, 0.15) is 44.5 Å². The minimum atomic E-state index is -0.651. The predicted octanol–water partition coefficient (Wildman–Crippen LogP) is 2.77. The number of carbonyl (C=O) groups excluding carboxylic acids is 2. The predicted molar refractivity (Wildman–Crippen MR) is 104 cm³/mol. The molecular weight excluding hydrogens is 364 g/mol. The first-order valence-corrected chi connectivity index (χ1v) is 9.13. The van der Waals surface area contributed by atoms with Crippen LogP contribution < -0.4 is 15.6 Å². The third-order valence-electron chi connectivity index (χ3n) is 3.58. The quantitative estimate of drug-likeness (QED) is 0.577. The fraction of sp³-hybridized carbons (Fsp3) is 0.450. The van der Waals surface area contributed by atoms with Crippen LogP contribution >= 0.6 is 0 Å². The molecule has 28 heavy (non-hydrogen) atoms. The number of rotatable bonds is 7. The topological polar surface area (TPSA) is 95.3 Å². The lowest BCUT2D eigenvalue weighted by molar-refractivity contribution is 0.0514. The molecule has 0 aromatic carbocycles. The number of nitrogens with one attached hydrogen (secondary N) is 1. The number of nitrogens with zero attached hydrogens (tertiary/aromatic N) is 1. The van der Waals surface area contributed by atoms with Crippen molar-refractivity contribution in [3.05, 3.63) is 46.4 Å². The van der Waals surface area contributed by atoms with Gasteiger partial charge in [-0.25, -0.2) is 9.59 Å². The molecule has 0 unspecified atom stereocenters. The van der Waals surface area contributed by atoms with Crippen LogP contribution in [-0.2, 0) is 9.47 Å². The van der Waals surface area contributed by atoms with Crippen molar-refractivity contribution in [1.82, 2.24) is 9.72 Å². The van der Waals surface area contributed by atoms with E-state index in [2.05, 4.69) is 5.32 Å². The van der Waals surface area contributed by atoms with Crippen molar-refractivity contribution >= 4 is 17.6 Å². The van der Waals surface area contributed by atoms with Gasteiger partial charge in [-0.2, -0.15) is 0 Å². The second kappa shape index (κ2) is 9.25. The van der Waals surface area contributed by atoms with Crippen molar-refractivity contribution in [2.45, 2.75) is 39.7 Å². The Morgan fingerprint density at radius 2 is 1.86 bits per heavy atom. The molecule has 0 aliphatic heterocycles. The zero-order chi connectivity index (χ0) is 20.7. The van der Waals surface area contributed by atoms with Gasteiger partial charge in [0, 0.05) is 12.1 Å².